The maximum Gasteiger partial charge on any atom is 0.222 e. The molecule has 0 fully saturated rings. The van der Waals surface area contributed by atoms with Gasteiger partial charge < -0.3 is 15.7 Å². The number of nitrogens with one attached hydrogen (secondary N) is 2. The molecule has 16 heavy (non-hydrogen) atoms. The van der Waals surface area contributed by atoms with E-state index in [1.54, 1.807) is 19.3 Å². The zero-order chi connectivity index (χ0) is 12.0. The van der Waals surface area contributed by atoms with E-state index in [-0.39, 0.29) is 6.10 Å². The van der Waals surface area contributed by atoms with Gasteiger partial charge in [-0.25, -0.2) is 9.97 Å². The van der Waals surface area contributed by atoms with Crippen LogP contribution in [0.15, 0.2) is 12.4 Å². The molecule has 90 valence electrons. The lowest BCUT2D eigenvalue weighted by molar-refractivity contribution is 0.191. The molecule has 0 aliphatic heterocycles. The number of anilines is 1. The molecule has 5 nitrogen and oxygen atoms in total. The van der Waals surface area contributed by atoms with Crippen LogP contribution >= 0.6 is 0 Å². The number of hydrogen-bond acceptors (Lipinski definition) is 5. The van der Waals surface area contributed by atoms with Crippen LogP contribution in [0.5, 0.6) is 0 Å². The van der Waals surface area contributed by atoms with Crippen molar-refractivity contribution in [2.75, 3.05) is 11.9 Å². The van der Waals surface area contributed by atoms with Crippen molar-refractivity contribution >= 4 is 5.95 Å². The first-order valence-electron chi connectivity index (χ1n) is 5.54. The lowest BCUT2D eigenvalue weighted by Gasteiger charge is -2.09. The normalized spacial score (nSPS) is 12.8. The summed E-state index contributed by atoms with van der Waals surface area (Å²) >= 11 is 0. The van der Waals surface area contributed by atoms with E-state index < -0.39 is 0 Å². The molecular weight excluding hydrogens is 204 g/mol. The van der Waals surface area contributed by atoms with Gasteiger partial charge >= 0.3 is 0 Å². The van der Waals surface area contributed by atoms with Crippen molar-refractivity contribution in [1.29, 1.82) is 0 Å². The Hall–Kier alpha value is -1.20. The van der Waals surface area contributed by atoms with Crippen molar-refractivity contribution in [2.24, 2.45) is 0 Å². The summed E-state index contributed by atoms with van der Waals surface area (Å²) in [7, 11) is 0. The molecule has 5 heteroatoms. The Morgan fingerprint density at radius 3 is 2.38 bits per heavy atom. The molecular formula is C11H20N4O. The van der Waals surface area contributed by atoms with Crippen LogP contribution in [-0.4, -0.2) is 33.8 Å². The van der Waals surface area contributed by atoms with Crippen LogP contribution in [0.2, 0.25) is 0 Å². The Kier molecular flexibility index (Phi) is 5.14. The standard InChI is InChI=1S/C11H20N4O/c1-8(2)15-11-13-6-10(7-14-11)5-12-4-9(3)16/h6-9,12,16H,4-5H2,1-3H3,(H,13,14,15)/t9-/m1/s1. The lowest BCUT2D eigenvalue weighted by Crippen LogP contribution is -2.24. The largest absolute Gasteiger partial charge is 0.392 e. The van der Waals surface area contributed by atoms with Gasteiger partial charge in [0.15, 0.2) is 0 Å². The molecule has 1 rings (SSSR count). The summed E-state index contributed by atoms with van der Waals surface area (Å²) in [5.41, 5.74) is 1.01. The van der Waals surface area contributed by atoms with Crippen LogP contribution in [0, 0.1) is 0 Å². The highest BCUT2D eigenvalue weighted by atomic mass is 16.3. The smallest absolute Gasteiger partial charge is 0.222 e. The molecule has 0 unspecified atom stereocenters. The van der Waals surface area contributed by atoms with E-state index in [1.165, 1.54) is 0 Å². The predicted octanol–water partition coefficient (Wildman–Crippen LogP) is 0.767. The molecule has 0 radical (unpaired) electrons. The van der Waals surface area contributed by atoms with Gasteiger partial charge in [-0.15, -0.1) is 0 Å². The van der Waals surface area contributed by atoms with Crippen molar-refractivity contribution < 1.29 is 5.11 Å². The number of nitrogens with zero attached hydrogens (tertiary/aromatic N) is 2. The first kappa shape index (κ1) is 12.9. The average Bonchev–Trinajstić information content (AvgIpc) is 2.19. The number of aliphatic hydroxyl groups is 1. The molecule has 1 aromatic heterocycles. The summed E-state index contributed by atoms with van der Waals surface area (Å²) in [6, 6.07) is 0.333. The average molecular weight is 224 g/mol. The predicted molar refractivity (Wildman–Crippen MR) is 64.2 cm³/mol. The third-order valence-corrected chi connectivity index (χ3v) is 1.89. The minimum absolute atomic E-state index is 0.331. The van der Waals surface area contributed by atoms with Crippen LogP contribution < -0.4 is 10.6 Å². The lowest BCUT2D eigenvalue weighted by atomic mass is 10.3. The van der Waals surface area contributed by atoms with Gasteiger partial charge in [-0.05, 0) is 20.8 Å². The fraction of sp³-hybridized carbons (Fsp3) is 0.636. The van der Waals surface area contributed by atoms with Gasteiger partial charge in [0, 0.05) is 37.1 Å². The monoisotopic (exact) mass is 224 g/mol. The molecule has 3 N–H and O–H groups in total. The van der Waals surface area contributed by atoms with Gasteiger partial charge in [0.1, 0.15) is 0 Å². The fourth-order valence-electron chi connectivity index (χ4n) is 1.20. The van der Waals surface area contributed by atoms with E-state index in [9.17, 15) is 0 Å². The molecule has 0 amide bonds. The molecule has 0 aliphatic carbocycles. The topological polar surface area (TPSA) is 70.1 Å². The van der Waals surface area contributed by atoms with Gasteiger partial charge in [0.25, 0.3) is 0 Å². The van der Waals surface area contributed by atoms with Gasteiger partial charge in [0.05, 0.1) is 6.10 Å². The first-order chi connectivity index (χ1) is 7.58. The molecule has 1 aromatic rings. The zero-order valence-corrected chi connectivity index (χ0v) is 10.1. The quantitative estimate of drug-likeness (QED) is 0.666. The Bertz CT molecular complexity index is 297. The van der Waals surface area contributed by atoms with E-state index in [0.29, 0.717) is 25.1 Å². The second-order valence-electron chi connectivity index (χ2n) is 4.19. The second kappa shape index (κ2) is 6.40. The maximum atomic E-state index is 9.07. The molecule has 1 heterocycles. The van der Waals surface area contributed by atoms with Crippen molar-refractivity contribution in [3.8, 4) is 0 Å². The Morgan fingerprint density at radius 1 is 1.25 bits per heavy atom. The summed E-state index contributed by atoms with van der Waals surface area (Å²) in [6.07, 6.45) is 3.24. The van der Waals surface area contributed by atoms with Crippen LogP contribution in [0.4, 0.5) is 5.95 Å². The van der Waals surface area contributed by atoms with Crippen molar-refractivity contribution in [2.45, 2.75) is 39.5 Å². The molecule has 0 aromatic carbocycles. The van der Waals surface area contributed by atoms with E-state index in [0.717, 1.165) is 5.56 Å². The number of rotatable bonds is 6. The zero-order valence-electron chi connectivity index (χ0n) is 10.1. The Balaban J connectivity index is 2.39. The number of aliphatic hydroxyl groups excluding tert-OH is 1. The molecule has 1 atom stereocenters. The third-order valence-electron chi connectivity index (χ3n) is 1.89. The van der Waals surface area contributed by atoms with Crippen LogP contribution in [0.25, 0.3) is 0 Å². The van der Waals surface area contributed by atoms with E-state index >= 15 is 0 Å². The van der Waals surface area contributed by atoms with Crippen LogP contribution in [0.1, 0.15) is 26.3 Å². The summed E-state index contributed by atoms with van der Waals surface area (Å²) in [6.45, 7) is 7.08. The first-order valence-corrected chi connectivity index (χ1v) is 5.54. The van der Waals surface area contributed by atoms with Crippen molar-refractivity contribution in [3.63, 3.8) is 0 Å². The molecule has 0 saturated heterocycles. The molecule has 0 saturated carbocycles. The summed E-state index contributed by atoms with van der Waals surface area (Å²) in [5, 5.41) is 15.3. The van der Waals surface area contributed by atoms with Crippen molar-refractivity contribution in [3.05, 3.63) is 18.0 Å². The second-order valence-corrected chi connectivity index (χ2v) is 4.19. The minimum Gasteiger partial charge on any atom is -0.392 e. The number of hydrogen-bond donors (Lipinski definition) is 3. The van der Waals surface area contributed by atoms with Crippen LogP contribution in [-0.2, 0) is 6.54 Å². The highest BCUT2D eigenvalue weighted by Gasteiger charge is 2.00. The van der Waals surface area contributed by atoms with Gasteiger partial charge in [0.2, 0.25) is 5.95 Å². The summed E-state index contributed by atoms with van der Waals surface area (Å²) < 4.78 is 0. The molecule has 0 bridgehead atoms. The maximum absolute atomic E-state index is 9.07. The highest BCUT2D eigenvalue weighted by Crippen LogP contribution is 2.01. The van der Waals surface area contributed by atoms with Crippen molar-refractivity contribution in [1.82, 2.24) is 15.3 Å². The number of aromatic nitrogens is 2. The van der Waals surface area contributed by atoms with Crippen LogP contribution in [0.3, 0.4) is 0 Å². The highest BCUT2D eigenvalue weighted by molar-refractivity contribution is 5.25. The van der Waals surface area contributed by atoms with Gasteiger partial charge in [-0.2, -0.15) is 0 Å². The van der Waals surface area contributed by atoms with E-state index in [2.05, 4.69) is 20.6 Å². The minimum atomic E-state index is -0.331. The summed E-state index contributed by atoms with van der Waals surface area (Å²) in [4.78, 5) is 8.38. The third kappa shape index (κ3) is 5.04. The SMILES string of the molecule is CC(C)Nc1ncc(CNC[C@@H](C)O)cn1. The van der Waals surface area contributed by atoms with E-state index in [1.807, 2.05) is 13.8 Å². The Morgan fingerprint density at radius 2 is 1.88 bits per heavy atom. The van der Waals surface area contributed by atoms with Gasteiger partial charge in [-0.1, -0.05) is 0 Å². The van der Waals surface area contributed by atoms with Gasteiger partial charge in [-0.3, -0.25) is 0 Å². The summed E-state index contributed by atoms with van der Waals surface area (Å²) in [5.74, 6) is 0.647. The van der Waals surface area contributed by atoms with E-state index in [4.69, 9.17) is 5.11 Å². The Labute approximate surface area is 96.3 Å². The fourth-order valence-corrected chi connectivity index (χ4v) is 1.20. The molecule has 0 aliphatic rings. The molecule has 0 spiro atoms.